The van der Waals surface area contributed by atoms with Gasteiger partial charge in [-0.1, -0.05) is 12.1 Å². The van der Waals surface area contributed by atoms with E-state index in [2.05, 4.69) is 24.5 Å². The van der Waals surface area contributed by atoms with Crippen LogP contribution in [0.2, 0.25) is 0 Å². The maximum Gasteiger partial charge on any atom is 0.231 e. The van der Waals surface area contributed by atoms with Gasteiger partial charge in [-0.15, -0.1) is 0 Å². The Kier molecular flexibility index (Phi) is 3.86. The normalized spacial score (nSPS) is 20.5. The molecule has 2 aliphatic heterocycles. The molecule has 6 nitrogen and oxygen atoms in total. The van der Waals surface area contributed by atoms with Crippen LogP contribution < -0.4 is 24.4 Å². The van der Waals surface area contributed by atoms with Gasteiger partial charge in [-0.25, -0.2) is 0 Å². The van der Waals surface area contributed by atoms with Crippen molar-refractivity contribution in [2.75, 3.05) is 32.8 Å². The smallest absolute Gasteiger partial charge is 0.231 e. The Morgan fingerprint density at radius 1 is 1.32 bits per heavy atom. The van der Waals surface area contributed by atoms with Crippen molar-refractivity contribution < 1.29 is 19.1 Å². The third-order valence-corrected chi connectivity index (χ3v) is 4.87. The summed E-state index contributed by atoms with van der Waals surface area (Å²) in [5.41, 5.74) is 3.71. The minimum Gasteiger partial charge on any atom is -0.492 e. The standard InChI is InChI=1S/C19H19N3O3/c1-22-8-7-12-9-15-17(25-11-24-15)18(23-2)16(12)19(22)21-14-6-4-3-5-13(14)10-20/h3-6,9,19,21H,7-8,11H2,1-2H3/p+1/t19-/m1/s1. The number of benzene rings is 2. The molecule has 2 N–H and O–H groups in total. The summed E-state index contributed by atoms with van der Waals surface area (Å²) in [6.07, 6.45) is 0.898. The fourth-order valence-electron chi connectivity index (χ4n) is 3.58. The zero-order chi connectivity index (χ0) is 17.4. The SMILES string of the molecule is COc1c2c(cc3c1[C@H](Nc1ccccc1C#N)[NH+](C)CC3)OCO2. The van der Waals surface area contributed by atoms with Gasteiger partial charge in [-0.3, -0.25) is 0 Å². The molecule has 0 spiro atoms. The first-order chi connectivity index (χ1) is 12.2. The maximum atomic E-state index is 9.38. The van der Waals surface area contributed by atoms with Crippen LogP contribution in [-0.2, 0) is 6.42 Å². The molecule has 0 amide bonds. The van der Waals surface area contributed by atoms with Gasteiger partial charge in [0.2, 0.25) is 12.5 Å². The Bertz CT molecular complexity index is 860. The molecule has 0 bridgehead atoms. The van der Waals surface area contributed by atoms with E-state index in [1.807, 2.05) is 24.3 Å². The van der Waals surface area contributed by atoms with Crippen LogP contribution in [-0.4, -0.2) is 27.5 Å². The van der Waals surface area contributed by atoms with Crippen molar-refractivity contribution in [3.8, 4) is 23.3 Å². The molecule has 128 valence electrons. The average molecular weight is 338 g/mol. The molecule has 0 fully saturated rings. The lowest BCUT2D eigenvalue weighted by Crippen LogP contribution is -3.11. The molecule has 6 heteroatoms. The van der Waals surface area contributed by atoms with E-state index in [1.54, 1.807) is 7.11 Å². The second-order valence-corrected chi connectivity index (χ2v) is 6.30. The van der Waals surface area contributed by atoms with Crippen LogP contribution in [0, 0.1) is 11.3 Å². The summed E-state index contributed by atoms with van der Waals surface area (Å²) < 4.78 is 16.9. The maximum absolute atomic E-state index is 9.38. The van der Waals surface area contributed by atoms with E-state index >= 15 is 0 Å². The van der Waals surface area contributed by atoms with Gasteiger partial charge in [0.25, 0.3) is 0 Å². The summed E-state index contributed by atoms with van der Waals surface area (Å²) in [6, 6.07) is 11.8. The molecule has 2 atom stereocenters. The van der Waals surface area contributed by atoms with Gasteiger partial charge < -0.3 is 24.4 Å². The second-order valence-electron chi connectivity index (χ2n) is 6.30. The summed E-state index contributed by atoms with van der Waals surface area (Å²) in [6.45, 7) is 1.19. The van der Waals surface area contributed by atoms with Crippen LogP contribution in [0.5, 0.6) is 17.2 Å². The number of hydrogen-bond acceptors (Lipinski definition) is 5. The number of nitrogens with one attached hydrogen (secondary N) is 2. The van der Waals surface area contributed by atoms with E-state index in [9.17, 15) is 5.26 Å². The fourth-order valence-corrected chi connectivity index (χ4v) is 3.58. The van der Waals surface area contributed by atoms with Crippen LogP contribution in [0.4, 0.5) is 5.69 Å². The lowest BCUT2D eigenvalue weighted by Gasteiger charge is -2.34. The minimum absolute atomic E-state index is 0.0392. The van der Waals surface area contributed by atoms with Crippen molar-refractivity contribution in [2.45, 2.75) is 12.6 Å². The highest BCUT2D eigenvalue weighted by Crippen LogP contribution is 2.47. The Labute approximate surface area is 146 Å². The number of quaternary nitrogens is 1. The Balaban J connectivity index is 1.82. The van der Waals surface area contributed by atoms with Gasteiger partial charge in [0.15, 0.2) is 17.7 Å². The molecule has 0 aromatic heterocycles. The summed E-state index contributed by atoms with van der Waals surface area (Å²) in [5, 5.41) is 12.9. The van der Waals surface area contributed by atoms with Crippen molar-refractivity contribution in [2.24, 2.45) is 0 Å². The molecular weight excluding hydrogens is 318 g/mol. The van der Waals surface area contributed by atoms with E-state index in [0.717, 1.165) is 35.7 Å². The zero-order valence-electron chi connectivity index (χ0n) is 14.3. The molecule has 2 heterocycles. The van der Waals surface area contributed by atoms with Crippen LogP contribution in [0.3, 0.4) is 0 Å². The van der Waals surface area contributed by atoms with Crippen molar-refractivity contribution in [3.05, 3.63) is 47.0 Å². The molecule has 0 saturated heterocycles. The largest absolute Gasteiger partial charge is 0.492 e. The molecule has 1 unspecified atom stereocenters. The number of fused-ring (bicyclic) bond motifs is 2. The van der Waals surface area contributed by atoms with Crippen LogP contribution in [0.25, 0.3) is 0 Å². The number of likely N-dealkylation sites (N-methyl/N-ethyl adjacent to an activating group) is 1. The third-order valence-electron chi connectivity index (χ3n) is 4.87. The number of nitrogens with zero attached hydrogens (tertiary/aromatic N) is 1. The van der Waals surface area contributed by atoms with E-state index in [4.69, 9.17) is 14.2 Å². The van der Waals surface area contributed by atoms with Gasteiger partial charge in [0.05, 0.1) is 37.5 Å². The quantitative estimate of drug-likeness (QED) is 0.887. The van der Waals surface area contributed by atoms with Crippen molar-refractivity contribution in [1.82, 2.24) is 0 Å². The molecule has 2 aromatic rings. The average Bonchev–Trinajstić information content (AvgIpc) is 3.11. The highest BCUT2D eigenvalue weighted by atomic mass is 16.7. The number of methoxy groups -OCH3 is 1. The number of nitriles is 1. The topological polar surface area (TPSA) is 68.0 Å². The number of para-hydroxylation sites is 1. The Morgan fingerprint density at radius 3 is 2.96 bits per heavy atom. The van der Waals surface area contributed by atoms with Crippen molar-refractivity contribution in [3.63, 3.8) is 0 Å². The van der Waals surface area contributed by atoms with Crippen molar-refractivity contribution >= 4 is 5.69 Å². The molecular formula is C19H20N3O3+. The molecule has 2 aliphatic rings. The number of rotatable bonds is 3. The molecule has 4 rings (SSSR count). The number of anilines is 1. The minimum atomic E-state index is -0.0392. The predicted molar refractivity (Wildman–Crippen MR) is 92.1 cm³/mol. The fraction of sp³-hybridized carbons (Fsp3) is 0.316. The number of ether oxygens (including phenoxy) is 3. The first-order valence-electron chi connectivity index (χ1n) is 8.30. The molecule has 0 aliphatic carbocycles. The highest BCUT2D eigenvalue weighted by molar-refractivity contribution is 5.64. The Hall–Kier alpha value is -2.91. The van der Waals surface area contributed by atoms with E-state index in [-0.39, 0.29) is 13.0 Å². The van der Waals surface area contributed by atoms with Crippen LogP contribution in [0.1, 0.15) is 22.9 Å². The first kappa shape index (κ1) is 15.6. The summed E-state index contributed by atoms with van der Waals surface area (Å²) in [7, 11) is 3.79. The Morgan fingerprint density at radius 2 is 2.16 bits per heavy atom. The predicted octanol–water partition coefficient (Wildman–Crippen LogP) is 1.48. The molecule has 25 heavy (non-hydrogen) atoms. The van der Waals surface area contributed by atoms with E-state index < -0.39 is 0 Å². The van der Waals surface area contributed by atoms with Crippen LogP contribution in [0.15, 0.2) is 30.3 Å². The van der Waals surface area contributed by atoms with Crippen LogP contribution >= 0.6 is 0 Å². The summed E-state index contributed by atoms with van der Waals surface area (Å²) in [5.74, 6) is 2.12. The third kappa shape index (κ3) is 2.53. The monoisotopic (exact) mass is 338 g/mol. The highest BCUT2D eigenvalue weighted by Gasteiger charge is 2.36. The van der Waals surface area contributed by atoms with Gasteiger partial charge in [-0.05, 0) is 23.8 Å². The summed E-state index contributed by atoms with van der Waals surface area (Å²) >= 11 is 0. The molecule has 0 radical (unpaired) electrons. The second kappa shape index (κ2) is 6.19. The number of hydrogen-bond donors (Lipinski definition) is 2. The lowest BCUT2D eigenvalue weighted by atomic mass is 9.94. The summed E-state index contributed by atoms with van der Waals surface area (Å²) in [4.78, 5) is 1.30. The van der Waals surface area contributed by atoms with E-state index in [0.29, 0.717) is 11.3 Å². The van der Waals surface area contributed by atoms with Gasteiger partial charge in [-0.2, -0.15) is 5.26 Å². The van der Waals surface area contributed by atoms with E-state index in [1.165, 1.54) is 10.5 Å². The molecule has 0 saturated carbocycles. The van der Waals surface area contributed by atoms with Gasteiger partial charge in [0, 0.05) is 6.42 Å². The first-order valence-corrected chi connectivity index (χ1v) is 8.30. The van der Waals surface area contributed by atoms with Gasteiger partial charge >= 0.3 is 0 Å². The van der Waals surface area contributed by atoms with Gasteiger partial charge in [0.1, 0.15) is 6.07 Å². The zero-order valence-corrected chi connectivity index (χ0v) is 14.3. The lowest BCUT2D eigenvalue weighted by molar-refractivity contribution is -0.910. The molecule has 2 aromatic carbocycles. The van der Waals surface area contributed by atoms with Crippen molar-refractivity contribution in [1.29, 1.82) is 5.26 Å².